The van der Waals surface area contributed by atoms with Gasteiger partial charge in [-0.2, -0.15) is 5.90 Å². The standard InChI is InChI=1S/C9H14NO4P/c1-2-8-12-15(11,14-10)13-9-6-4-3-5-7-9/h3-7H,2,8,10H2,1H3/q+1. The molecule has 1 rings (SSSR count). The lowest BCUT2D eigenvalue weighted by Gasteiger charge is -2.09. The summed E-state index contributed by atoms with van der Waals surface area (Å²) in [7, 11) is -3.66. The fourth-order valence-electron chi connectivity index (χ4n) is 0.892. The maximum absolute atomic E-state index is 11.7. The van der Waals surface area contributed by atoms with Gasteiger partial charge in [-0.05, 0) is 18.6 Å². The van der Waals surface area contributed by atoms with Crippen molar-refractivity contribution in [3.63, 3.8) is 0 Å². The minimum absolute atomic E-state index is 0.265. The Morgan fingerprint density at radius 2 is 2.00 bits per heavy atom. The molecule has 0 aliphatic carbocycles. The fraction of sp³-hybridized carbons (Fsp3) is 0.333. The predicted molar refractivity (Wildman–Crippen MR) is 56.2 cm³/mol. The van der Waals surface area contributed by atoms with Gasteiger partial charge in [-0.25, -0.2) is 0 Å². The molecule has 0 spiro atoms. The Morgan fingerprint density at radius 1 is 1.33 bits per heavy atom. The summed E-state index contributed by atoms with van der Waals surface area (Å²) in [5, 5.41) is 0. The van der Waals surface area contributed by atoms with Gasteiger partial charge in [0.05, 0.1) is 4.89 Å². The first kappa shape index (κ1) is 12.4. The smallest absolute Gasteiger partial charge is 0.258 e. The molecule has 0 bridgehead atoms. The third-order valence-corrected chi connectivity index (χ3v) is 2.73. The highest BCUT2D eigenvalue weighted by Gasteiger charge is 2.49. The number of hydrogen-bond donors (Lipinski definition) is 1. The largest absolute Gasteiger partial charge is 0.674 e. The van der Waals surface area contributed by atoms with E-state index in [-0.39, 0.29) is 6.61 Å². The summed E-state index contributed by atoms with van der Waals surface area (Å²) in [6.07, 6.45) is 0.700. The molecular formula is C9H14NO4P+. The van der Waals surface area contributed by atoms with E-state index in [1.165, 1.54) is 0 Å². The van der Waals surface area contributed by atoms with Crippen LogP contribution in [-0.4, -0.2) is 6.61 Å². The molecule has 5 nitrogen and oxygen atoms in total. The van der Waals surface area contributed by atoms with Crippen molar-refractivity contribution in [3.05, 3.63) is 30.3 Å². The average molecular weight is 231 g/mol. The Kier molecular flexibility index (Phi) is 4.94. The van der Waals surface area contributed by atoms with Crippen LogP contribution in [0.5, 0.6) is 5.75 Å². The van der Waals surface area contributed by atoms with Crippen molar-refractivity contribution in [2.24, 2.45) is 5.90 Å². The first-order valence-electron chi connectivity index (χ1n) is 4.58. The third-order valence-electron chi connectivity index (χ3n) is 1.54. The molecule has 0 aliphatic rings. The molecule has 1 radical (unpaired) electrons. The van der Waals surface area contributed by atoms with Crippen LogP contribution in [0.1, 0.15) is 13.3 Å². The molecule has 83 valence electrons. The highest BCUT2D eigenvalue weighted by molar-refractivity contribution is 7.55. The van der Waals surface area contributed by atoms with Crippen molar-refractivity contribution in [2.45, 2.75) is 13.3 Å². The first-order valence-corrected chi connectivity index (χ1v) is 6.04. The second kappa shape index (κ2) is 6.00. The molecule has 0 aromatic heterocycles. The lowest BCUT2D eigenvalue weighted by Crippen LogP contribution is -2.12. The van der Waals surface area contributed by atoms with E-state index in [0.717, 1.165) is 0 Å². The zero-order valence-corrected chi connectivity index (χ0v) is 9.35. The van der Waals surface area contributed by atoms with Crippen molar-refractivity contribution >= 4 is 8.17 Å². The SMILES string of the molecule is CCCO[P+]([O])(ON)Oc1ccccc1. The Morgan fingerprint density at radius 3 is 2.53 bits per heavy atom. The molecule has 0 aliphatic heterocycles. The normalized spacial score (nSPS) is 14.6. The number of para-hydroxylation sites is 1. The maximum Gasteiger partial charge on any atom is 0.674 e. The van der Waals surface area contributed by atoms with Gasteiger partial charge in [-0.1, -0.05) is 29.7 Å². The second-order valence-corrected chi connectivity index (χ2v) is 4.34. The number of rotatable bonds is 6. The van der Waals surface area contributed by atoms with Crippen LogP contribution in [0.15, 0.2) is 30.3 Å². The van der Waals surface area contributed by atoms with E-state index in [0.29, 0.717) is 12.2 Å². The van der Waals surface area contributed by atoms with Gasteiger partial charge in [0.25, 0.3) is 0 Å². The third kappa shape index (κ3) is 4.11. The molecular weight excluding hydrogens is 217 g/mol. The number of nitrogens with two attached hydrogens (primary N) is 1. The number of hydrogen-bond acceptors (Lipinski definition) is 4. The van der Waals surface area contributed by atoms with Gasteiger partial charge in [0.1, 0.15) is 6.61 Å². The fourth-order valence-corrected chi connectivity index (χ4v) is 1.83. The van der Waals surface area contributed by atoms with Crippen LogP contribution in [-0.2, 0) is 14.0 Å². The van der Waals surface area contributed by atoms with Crippen molar-refractivity contribution < 1.29 is 18.6 Å². The molecule has 0 fully saturated rings. The van der Waals surface area contributed by atoms with E-state index in [2.05, 4.69) is 4.62 Å². The Labute approximate surface area is 89.4 Å². The van der Waals surface area contributed by atoms with Crippen LogP contribution in [0.2, 0.25) is 0 Å². The molecule has 0 heterocycles. The van der Waals surface area contributed by atoms with Crippen LogP contribution in [0, 0.1) is 0 Å². The summed E-state index contributed by atoms with van der Waals surface area (Å²) in [6.45, 7) is 2.14. The molecule has 2 N–H and O–H groups in total. The van der Waals surface area contributed by atoms with E-state index < -0.39 is 8.17 Å². The molecule has 0 saturated heterocycles. The quantitative estimate of drug-likeness (QED) is 0.603. The van der Waals surface area contributed by atoms with Crippen molar-refractivity contribution in [1.29, 1.82) is 0 Å². The summed E-state index contributed by atoms with van der Waals surface area (Å²) in [5.41, 5.74) is 0. The van der Waals surface area contributed by atoms with Gasteiger partial charge in [0.15, 0.2) is 5.75 Å². The van der Waals surface area contributed by atoms with E-state index in [4.69, 9.17) is 14.9 Å². The van der Waals surface area contributed by atoms with Crippen LogP contribution < -0.4 is 10.4 Å². The van der Waals surface area contributed by atoms with Gasteiger partial charge in [0.2, 0.25) is 0 Å². The summed E-state index contributed by atoms with van der Waals surface area (Å²) in [4.78, 5) is 11.7. The lowest BCUT2D eigenvalue weighted by atomic mass is 10.3. The van der Waals surface area contributed by atoms with Crippen molar-refractivity contribution in [2.75, 3.05) is 6.61 Å². The van der Waals surface area contributed by atoms with Gasteiger partial charge in [0, 0.05) is 0 Å². The first-order chi connectivity index (χ1) is 7.20. The van der Waals surface area contributed by atoms with Crippen molar-refractivity contribution in [3.8, 4) is 5.75 Å². The second-order valence-electron chi connectivity index (χ2n) is 2.79. The molecule has 1 unspecified atom stereocenters. The number of benzene rings is 1. The highest BCUT2D eigenvalue weighted by Crippen LogP contribution is 2.57. The minimum atomic E-state index is -3.66. The van der Waals surface area contributed by atoms with Crippen LogP contribution in [0.25, 0.3) is 0 Å². The van der Waals surface area contributed by atoms with E-state index in [1.54, 1.807) is 24.3 Å². The van der Waals surface area contributed by atoms with Crippen LogP contribution >= 0.6 is 8.17 Å². The minimum Gasteiger partial charge on any atom is -0.258 e. The van der Waals surface area contributed by atoms with Gasteiger partial charge < -0.3 is 0 Å². The zero-order chi connectivity index (χ0) is 11.1. The summed E-state index contributed by atoms with van der Waals surface area (Å²) >= 11 is 0. The van der Waals surface area contributed by atoms with Gasteiger partial charge >= 0.3 is 8.17 Å². The molecule has 15 heavy (non-hydrogen) atoms. The summed E-state index contributed by atoms with van der Waals surface area (Å²) in [5.74, 6) is 5.27. The molecule has 0 saturated carbocycles. The monoisotopic (exact) mass is 231 g/mol. The maximum atomic E-state index is 11.7. The molecule has 6 heteroatoms. The van der Waals surface area contributed by atoms with E-state index in [1.807, 2.05) is 13.0 Å². The van der Waals surface area contributed by atoms with E-state index in [9.17, 15) is 4.89 Å². The Hall–Kier alpha value is -0.710. The molecule has 1 aromatic carbocycles. The molecule has 1 atom stereocenters. The van der Waals surface area contributed by atoms with Gasteiger partial charge in [-0.15, -0.1) is 4.52 Å². The topological polar surface area (TPSA) is 73.6 Å². The predicted octanol–water partition coefficient (Wildman–Crippen LogP) is 2.49. The van der Waals surface area contributed by atoms with Crippen LogP contribution in [0.4, 0.5) is 0 Å². The Bertz CT molecular complexity index is 285. The molecule has 0 amide bonds. The Balaban J connectivity index is 2.59. The van der Waals surface area contributed by atoms with Crippen LogP contribution in [0.3, 0.4) is 0 Å². The zero-order valence-electron chi connectivity index (χ0n) is 8.46. The molecule has 1 aromatic rings. The highest BCUT2D eigenvalue weighted by atomic mass is 31.2. The lowest BCUT2D eigenvalue weighted by molar-refractivity contribution is 0.101. The van der Waals surface area contributed by atoms with Crippen molar-refractivity contribution in [1.82, 2.24) is 0 Å². The van der Waals surface area contributed by atoms with E-state index >= 15 is 0 Å². The summed E-state index contributed by atoms with van der Waals surface area (Å²) in [6, 6.07) is 8.59. The average Bonchev–Trinajstić information content (AvgIpc) is 2.28. The summed E-state index contributed by atoms with van der Waals surface area (Å²) < 4.78 is 14.2. The van der Waals surface area contributed by atoms with Gasteiger partial charge in [-0.3, -0.25) is 4.52 Å².